The van der Waals surface area contributed by atoms with Crippen LogP contribution in [0.4, 0.5) is 4.79 Å². The van der Waals surface area contributed by atoms with E-state index in [4.69, 9.17) is 16.6 Å². The zero-order valence-corrected chi connectivity index (χ0v) is 7.16. The molecular formula is C6H14N4O2. The second kappa shape index (κ2) is 4.03. The molecule has 0 aliphatic carbocycles. The highest BCUT2D eigenvalue weighted by atomic mass is 16.3. The van der Waals surface area contributed by atoms with E-state index in [1.54, 1.807) is 13.8 Å². The first-order valence-electron chi connectivity index (χ1n) is 3.40. The third-order valence-electron chi connectivity index (χ3n) is 1.19. The van der Waals surface area contributed by atoms with Gasteiger partial charge in [0.2, 0.25) is 0 Å². The fourth-order valence-electron chi connectivity index (χ4n) is 0.506. The van der Waals surface area contributed by atoms with E-state index in [-0.39, 0.29) is 12.3 Å². The van der Waals surface area contributed by atoms with Crippen molar-refractivity contribution in [1.29, 1.82) is 0 Å². The largest absolute Gasteiger partial charge is 0.390 e. The van der Waals surface area contributed by atoms with Gasteiger partial charge >= 0.3 is 6.03 Å². The Morgan fingerprint density at radius 2 is 2.17 bits per heavy atom. The molecule has 6 nitrogen and oxygen atoms in total. The van der Waals surface area contributed by atoms with E-state index in [0.29, 0.717) is 0 Å². The minimum atomic E-state index is -0.787. The molecule has 0 saturated heterocycles. The number of aliphatic hydroxyl groups excluding tert-OH is 1. The van der Waals surface area contributed by atoms with Crippen LogP contribution in [0, 0.1) is 0 Å². The molecule has 0 saturated carbocycles. The van der Waals surface area contributed by atoms with Gasteiger partial charge in [-0.15, -0.1) is 0 Å². The first-order valence-corrected chi connectivity index (χ1v) is 3.40. The molecule has 70 valence electrons. The number of carbonyl (C=O) groups is 1. The number of aliphatic hydroxyl groups is 1. The quantitative estimate of drug-likeness (QED) is 0.316. The predicted octanol–water partition coefficient (Wildman–Crippen LogP) is -1.26. The van der Waals surface area contributed by atoms with E-state index in [9.17, 15) is 4.79 Å². The third kappa shape index (κ3) is 3.89. The second-order valence-electron chi connectivity index (χ2n) is 2.91. The zero-order valence-electron chi connectivity index (χ0n) is 7.16. The second-order valence-corrected chi connectivity index (χ2v) is 2.91. The SMILES string of the molecule is CC(C)(N)C(CO)=NNC(N)=O. The van der Waals surface area contributed by atoms with Crippen LogP contribution in [0.5, 0.6) is 0 Å². The van der Waals surface area contributed by atoms with Crippen LogP contribution < -0.4 is 16.9 Å². The molecule has 0 unspecified atom stereocenters. The number of carbonyl (C=O) groups excluding carboxylic acids is 1. The fraction of sp³-hybridized carbons (Fsp3) is 0.667. The van der Waals surface area contributed by atoms with E-state index < -0.39 is 11.6 Å². The zero-order chi connectivity index (χ0) is 9.78. The highest BCUT2D eigenvalue weighted by Gasteiger charge is 2.18. The van der Waals surface area contributed by atoms with Gasteiger partial charge in [-0.05, 0) is 13.8 Å². The predicted molar refractivity (Wildman–Crippen MR) is 45.5 cm³/mol. The minimum absolute atomic E-state index is 0.265. The molecule has 0 aromatic carbocycles. The summed E-state index contributed by atoms with van der Waals surface area (Å²) < 4.78 is 0. The lowest BCUT2D eigenvalue weighted by atomic mass is 10.0. The van der Waals surface area contributed by atoms with Gasteiger partial charge in [0.25, 0.3) is 0 Å². The van der Waals surface area contributed by atoms with Gasteiger partial charge in [0, 0.05) is 0 Å². The molecule has 0 bridgehead atoms. The maximum Gasteiger partial charge on any atom is 0.332 e. The van der Waals surface area contributed by atoms with E-state index in [1.807, 2.05) is 5.43 Å². The normalized spacial score (nSPS) is 12.8. The van der Waals surface area contributed by atoms with Crippen LogP contribution in [-0.4, -0.2) is 29.0 Å². The molecule has 12 heavy (non-hydrogen) atoms. The molecule has 0 fully saturated rings. The van der Waals surface area contributed by atoms with Crippen molar-refractivity contribution in [3.63, 3.8) is 0 Å². The van der Waals surface area contributed by atoms with E-state index in [2.05, 4.69) is 5.10 Å². The van der Waals surface area contributed by atoms with Crippen molar-refractivity contribution < 1.29 is 9.90 Å². The van der Waals surface area contributed by atoms with E-state index >= 15 is 0 Å². The lowest BCUT2D eigenvalue weighted by Gasteiger charge is -2.19. The molecular weight excluding hydrogens is 160 g/mol. The number of nitrogens with two attached hydrogens (primary N) is 2. The molecule has 0 aliphatic heterocycles. The molecule has 6 N–H and O–H groups in total. The molecule has 2 amide bonds. The molecule has 0 rings (SSSR count). The first kappa shape index (κ1) is 10.9. The van der Waals surface area contributed by atoms with Crippen molar-refractivity contribution in [1.82, 2.24) is 5.43 Å². The summed E-state index contributed by atoms with van der Waals surface area (Å²) in [6.45, 7) is 3.00. The number of primary amides is 1. The van der Waals surface area contributed by atoms with Crippen LogP contribution in [-0.2, 0) is 0 Å². The number of urea groups is 1. The Morgan fingerprint density at radius 1 is 1.67 bits per heavy atom. The van der Waals surface area contributed by atoms with Crippen LogP contribution in [0.15, 0.2) is 5.10 Å². The Hall–Kier alpha value is -1.14. The summed E-state index contributed by atoms with van der Waals surface area (Å²) in [5.41, 5.74) is 11.8. The molecule has 0 aromatic rings. The summed E-state index contributed by atoms with van der Waals surface area (Å²) in [7, 11) is 0. The molecule has 6 heteroatoms. The van der Waals surface area contributed by atoms with Crippen molar-refractivity contribution in [2.24, 2.45) is 16.6 Å². The number of amides is 2. The van der Waals surface area contributed by atoms with Gasteiger partial charge in [0.1, 0.15) is 0 Å². The summed E-state index contributed by atoms with van der Waals surface area (Å²) >= 11 is 0. The van der Waals surface area contributed by atoms with Gasteiger partial charge in [-0.25, -0.2) is 10.2 Å². The van der Waals surface area contributed by atoms with Gasteiger partial charge in [-0.3, -0.25) is 0 Å². The van der Waals surface area contributed by atoms with Gasteiger partial charge in [0.05, 0.1) is 17.9 Å². The van der Waals surface area contributed by atoms with Gasteiger partial charge in [-0.1, -0.05) is 0 Å². The number of hydrogen-bond donors (Lipinski definition) is 4. The maximum atomic E-state index is 10.2. The van der Waals surface area contributed by atoms with E-state index in [1.165, 1.54) is 0 Å². The number of hydrazone groups is 1. The highest BCUT2D eigenvalue weighted by molar-refractivity contribution is 5.94. The molecule has 0 heterocycles. The maximum absolute atomic E-state index is 10.2. The Labute approximate surface area is 70.6 Å². The number of rotatable bonds is 3. The minimum Gasteiger partial charge on any atom is -0.390 e. The average Bonchev–Trinajstić information content (AvgIpc) is 1.85. The summed E-state index contributed by atoms with van der Waals surface area (Å²) in [6.07, 6.45) is 0. The smallest absolute Gasteiger partial charge is 0.332 e. The average molecular weight is 174 g/mol. The van der Waals surface area contributed by atoms with Crippen LogP contribution in [0.2, 0.25) is 0 Å². The van der Waals surface area contributed by atoms with Crippen LogP contribution in [0.25, 0.3) is 0 Å². The van der Waals surface area contributed by atoms with Crippen molar-refractivity contribution in [3.8, 4) is 0 Å². The Bertz CT molecular complexity index is 194. The summed E-state index contributed by atoms with van der Waals surface area (Å²) in [5, 5.41) is 12.3. The van der Waals surface area contributed by atoms with Crippen LogP contribution in [0.1, 0.15) is 13.8 Å². The van der Waals surface area contributed by atoms with Crippen LogP contribution in [0.3, 0.4) is 0 Å². The Kier molecular flexibility index (Phi) is 3.65. The van der Waals surface area contributed by atoms with Crippen molar-refractivity contribution in [3.05, 3.63) is 0 Å². The number of nitrogens with one attached hydrogen (secondary N) is 1. The lowest BCUT2D eigenvalue weighted by molar-refractivity contribution is 0.249. The Morgan fingerprint density at radius 3 is 2.42 bits per heavy atom. The molecule has 0 spiro atoms. The summed E-state index contributed by atoms with van der Waals surface area (Å²) in [5.74, 6) is 0. The van der Waals surface area contributed by atoms with E-state index in [0.717, 1.165) is 0 Å². The monoisotopic (exact) mass is 174 g/mol. The standard InChI is InChI=1S/C6H14N4O2/c1-6(2,8)4(3-11)9-10-5(7)12/h11H,3,8H2,1-2H3,(H3,7,10,12). The Balaban J connectivity index is 4.34. The van der Waals surface area contributed by atoms with Gasteiger partial charge < -0.3 is 16.6 Å². The van der Waals surface area contributed by atoms with Gasteiger partial charge in [0.15, 0.2) is 0 Å². The van der Waals surface area contributed by atoms with Crippen molar-refractivity contribution in [2.75, 3.05) is 6.61 Å². The highest BCUT2D eigenvalue weighted by Crippen LogP contribution is 1.99. The van der Waals surface area contributed by atoms with Crippen molar-refractivity contribution in [2.45, 2.75) is 19.4 Å². The molecule has 0 radical (unpaired) electrons. The van der Waals surface area contributed by atoms with Crippen molar-refractivity contribution >= 4 is 11.7 Å². The topological polar surface area (TPSA) is 114 Å². The summed E-state index contributed by atoms with van der Waals surface area (Å²) in [6, 6.07) is -0.787. The number of hydrogen-bond acceptors (Lipinski definition) is 4. The first-order chi connectivity index (χ1) is 5.38. The molecule has 0 atom stereocenters. The van der Waals surface area contributed by atoms with Crippen LogP contribution >= 0.6 is 0 Å². The molecule has 0 aromatic heterocycles. The summed E-state index contributed by atoms with van der Waals surface area (Å²) in [4.78, 5) is 10.2. The molecule has 0 aliphatic rings. The van der Waals surface area contributed by atoms with Gasteiger partial charge in [-0.2, -0.15) is 5.10 Å². The fourth-order valence-corrected chi connectivity index (χ4v) is 0.506. The number of nitrogens with zero attached hydrogens (tertiary/aromatic N) is 1. The third-order valence-corrected chi connectivity index (χ3v) is 1.19. The lowest BCUT2D eigenvalue weighted by Crippen LogP contribution is -2.45.